The molecule has 2 aromatic rings. The summed E-state index contributed by atoms with van der Waals surface area (Å²) in [5, 5.41) is 13.3. The largest absolute Gasteiger partial charge is 0.432 e. The average Bonchev–Trinajstić information content (AvgIpc) is 2.71. The SMILES string of the molecule is O=[N+]([O-])c1cnccc1Nc1ncco1. The van der Waals surface area contributed by atoms with E-state index in [2.05, 4.69) is 15.3 Å². The van der Waals surface area contributed by atoms with Crippen LogP contribution >= 0.6 is 0 Å². The third kappa shape index (κ3) is 1.90. The zero-order chi connectivity index (χ0) is 10.7. The van der Waals surface area contributed by atoms with Crippen LogP contribution in [0.5, 0.6) is 0 Å². The maximum Gasteiger partial charge on any atom is 0.310 e. The van der Waals surface area contributed by atoms with E-state index < -0.39 is 4.92 Å². The van der Waals surface area contributed by atoms with Gasteiger partial charge in [0.25, 0.3) is 6.01 Å². The lowest BCUT2D eigenvalue weighted by Gasteiger charge is -2.01. The van der Waals surface area contributed by atoms with Crippen molar-refractivity contribution in [1.82, 2.24) is 9.97 Å². The molecular weight excluding hydrogens is 200 g/mol. The third-order valence-corrected chi connectivity index (χ3v) is 1.67. The Morgan fingerprint density at radius 2 is 2.33 bits per heavy atom. The first-order chi connectivity index (χ1) is 7.27. The van der Waals surface area contributed by atoms with Gasteiger partial charge < -0.3 is 9.73 Å². The molecule has 0 bridgehead atoms. The van der Waals surface area contributed by atoms with Gasteiger partial charge in [0.15, 0.2) is 0 Å². The summed E-state index contributed by atoms with van der Waals surface area (Å²) >= 11 is 0. The number of nitrogens with one attached hydrogen (secondary N) is 1. The minimum absolute atomic E-state index is 0.129. The molecule has 0 radical (unpaired) electrons. The highest BCUT2D eigenvalue weighted by Gasteiger charge is 2.14. The first-order valence-electron chi connectivity index (χ1n) is 4.02. The summed E-state index contributed by atoms with van der Waals surface area (Å²) in [5.74, 6) is 0. The van der Waals surface area contributed by atoms with Crippen molar-refractivity contribution in [2.75, 3.05) is 5.32 Å². The molecule has 0 amide bonds. The molecule has 15 heavy (non-hydrogen) atoms. The van der Waals surface area contributed by atoms with Crippen molar-refractivity contribution in [2.45, 2.75) is 0 Å². The molecular formula is C8H6N4O3. The van der Waals surface area contributed by atoms with Gasteiger partial charge in [0.05, 0.1) is 11.1 Å². The van der Waals surface area contributed by atoms with Gasteiger partial charge >= 0.3 is 5.69 Å². The van der Waals surface area contributed by atoms with Crippen molar-refractivity contribution in [3.63, 3.8) is 0 Å². The molecule has 7 nitrogen and oxygen atoms in total. The van der Waals surface area contributed by atoms with E-state index >= 15 is 0 Å². The maximum atomic E-state index is 10.6. The Kier molecular flexibility index (Phi) is 2.28. The summed E-state index contributed by atoms with van der Waals surface area (Å²) in [4.78, 5) is 17.5. The zero-order valence-electron chi connectivity index (χ0n) is 7.45. The van der Waals surface area contributed by atoms with Crippen LogP contribution in [0.2, 0.25) is 0 Å². The van der Waals surface area contributed by atoms with E-state index in [1.165, 1.54) is 24.7 Å². The van der Waals surface area contributed by atoms with Gasteiger partial charge in [-0.3, -0.25) is 15.1 Å². The van der Waals surface area contributed by atoms with Crippen LogP contribution in [0.1, 0.15) is 0 Å². The molecule has 1 N–H and O–H groups in total. The molecule has 0 aliphatic carbocycles. The Morgan fingerprint density at radius 1 is 1.47 bits per heavy atom. The second kappa shape index (κ2) is 3.74. The van der Waals surface area contributed by atoms with Gasteiger partial charge in [-0.1, -0.05) is 0 Å². The summed E-state index contributed by atoms with van der Waals surface area (Å²) in [6, 6.07) is 1.67. The van der Waals surface area contributed by atoms with Crippen LogP contribution in [-0.2, 0) is 0 Å². The predicted molar refractivity (Wildman–Crippen MR) is 50.7 cm³/mol. The van der Waals surface area contributed by atoms with E-state index in [0.717, 1.165) is 6.20 Å². The lowest BCUT2D eigenvalue weighted by molar-refractivity contribution is -0.384. The quantitative estimate of drug-likeness (QED) is 0.606. The summed E-state index contributed by atoms with van der Waals surface area (Å²) in [7, 11) is 0. The van der Waals surface area contributed by atoms with Gasteiger partial charge in [0, 0.05) is 6.20 Å². The smallest absolute Gasteiger partial charge is 0.310 e. The summed E-state index contributed by atoms with van der Waals surface area (Å²) in [6.45, 7) is 0. The Bertz CT molecular complexity index is 468. The number of rotatable bonds is 3. The normalized spacial score (nSPS) is 9.87. The van der Waals surface area contributed by atoms with Crippen molar-refractivity contribution < 1.29 is 9.34 Å². The van der Waals surface area contributed by atoms with Crippen LogP contribution in [0.15, 0.2) is 35.3 Å². The lowest BCUT2D eigenvalue weighted by atomic mass is 10.3. The second-order valence-corrected chi connectivity index (χ2v) is 2.61. The molecule has 0 saturated heterocycles. The number of hydrogen-bond donors (Lipinski definition) is 1. The van der Waals surface area contributed by atoms with E-state index in [4.69, 9.17) is 4.42 Å². The molecule has 7 heteroatoms. The van der Waals surface area contributed by atoms with Crippen molar-refractivity contribution in [1.29, 1.82) is 0 Å². The topological polar surface area (TPSA) is 94.1 Å². The van der Waals surface area contributed by atoms with Crippen molar-refractivity contribution in [2.24, 2.45) is 0 Å². The van der Waals surface area contributed by atoms with Gasteiger partial charge in [-0.05, 0) is 6.07 Å². The third-order valence-electron chi connectivity index (χ3n) is 1.67. The number of aromatic nitrogens is 2. The lowest BCUT2D eigenvalue weighted by Crippen LogP contribution is -1.97. The van der Waals surface area contributed by atoms with Crippen LogP contribution in [0.3, 0.4) is 0 Å². The molecule has 0 aliphatic rings. The van der Waals surface area contributed by atoms with Gasteiger partial charge in [-0.15, -0.1) is 0 Å². The van der Waals surface area contributed by atoms with Gasteiger partial charge in [-0.2, -0.15) is 0 Å². The molecule has 0 atom stereocenters. The fraction of sp³-hybridized carbons (Fsp3) is 0. The van der Waals surface area contributed by atoms with Crippen LogP contribution < -0.4 is 5.32 Å². The molecule has 0 spiro atoms. The highest BCUT2D eigenvalue weighted by atomic mass is 16.6. The van der Waals surface area contributed by atoms with Crippen LogP contribution in [-0.4, -0.2) is 14.9 Å². The fourth-order valence-corrected chi connectivity index (χ4v) is 1.04. The van der Waals surface area contributed by atoms with Gasteiger partial charge in [-0.25, -0.2) is 4.98 Å². The van der Waals surface area contributed by atoms with Crippen molar-refractivity contribution in [3.8, 4) is 0 Å². The minimum Gasteiger partial charge on any atom is -0.432 e. The molecule has 76 valence electrons. The summed E-state index contributed by atoms with van der Waals surface area (Å²) < 4.78 is 4.91. The highest BCUT2D eigenvalue weighted by Crippen LogP contribution is 2.24. The predicted octanol–water partition coefficient (Wildman–Crippen LogP) is 1.72. The van der Waals surface area contributed by atoms with E-state index in [0.29, 0.717) is 0 Å². The molecule has 0 saturated carbocycles. The Hall–Kier alpha value is -2.44. The van der Waals surface area contributed by atoms with E-state index in [-0.39, 0.29) is 17.4 Å². The summed E-state index contributed by atoms with van der Waals surface area (Å²) in [6.07, 6.45) is 5.41. The Morgan fingerprint density at radius 3 is 3.00 bits per heavy atom. The second-order valence-electron chi connectivity index (χ2n) is 2.61. The Balaban J connectivity index is 2.32. The number of nitrogens with zero attached hydrogens (tertiary/aromatic N) is 3. The number of anilines is 2. The zero-order valence-corrected chi connectivity index (χ0v) is 7.45. The standard InChI is InChI=1S/C8H6N4O3/c13-12(14)7-5-9-2-1-6(7)11-8-10-3-4-15-8/h1-5H,(H,9,10,11). The molecule has 2 heterocycles. The molecule has 2 aromatic heterocycles. The van der Waals surface area contributed by atoms with Crippen molar-refractivity contribution >= 4 is 17.4 Å². The van der Waals surface area contributed by atoms with E-state index in [9.17, 15) is 10.1 Å². The molecule has 0 aromatic carbocycles. The number of hydrogen-bond acceptors (Lipinski definition) is 6. The molecule has 2 rings (SSSR count). The first kappa shape index (κ1) is 9.13. The monoisotopic (exact) mass is 206 g/mol. The van der Waals surface area contributed by atoms with Gasteiger partial charge in [0.2, 0.25) is 0 Å². The van der Waals surface area contributed by atoms with Crippen molar-refractivity contribution in [3.05, 3.63) is 41.0 Å². The minimum atomic E-state index is -0.529. The van der Waals surface area contributed by atoms with Crippen LogP contribution in [0.25, 0.3) is 0 Å². The van der Waals surface area contributed by atoms with E-state index in [1.807, 2.05) is 0 Å². The maximum absolute atomic E-state index is 10.6. The van der Waals surface area contributed by atoms with Crippen LogP contribution in [0.4, 0.5) is 17.4 Å². The highest BCUT2D eigenvalue weighted by molar-refractivity contribution is 5.64. The van der Waals surface area contributed by atoms with Gasteiger partial charge in [0.1, 0.15) is 18.1 Å². The van der Waals surface area contributed by atoms with E-state index in [1.54, 1.807) is 0 Å². The number of pyridine rings is 1. The average molecular weight is 206 g/mol. The van der Waals surface area contributed by atoms with Crippen LogP contribution in [0, 0.1) is 10.1 Å². The number of oxazole rings is 1. The summed E-state index contributed by atoms with van der Waals surface area (Å²) in [5.41, 5.74) is 0.160. The first-order valence-corrected chi connectivity index (χ1v) is 4.02. The molecule has 0 aliphatic heterocycles. The molecule has 0 unspecified atom stereocenters. The molecule has 0 fully saturated rings. The number of nitro groups is 1. The Labute approximate surface area is 83.9 Å². The fourth-order valence-electron chi connectivity index (χ4n) is 1.04.